The van der Waals surface area contributed by atoms with Crippen LogP contribution in [0.2, 0.25) is 10.0 Å². The molecule has 0 aromatic heterocycles. The van der Waals surface area contributed by atoms with Gasteiger partial charge in [0.25, 0.3) is 0 Å². The van der Waals surface area contributed by atoms with E-state index in [-0.39, 0.29) is 5.54 Å². The molecule has 0 aliphatic carbocycles. The van der Waals surface area contributed by atoms with Crippen LogP contribution in [0.15, 0.2) is 34.3 Å². The fourth-order valence-corrected chi connectivity index (χ4v) is 3.47. The molecule has 0 unspecified atom stereocenters. The molecule has 1 heterocycles. The number of hydrogen-bond donors (Lipinski definition) is 0. The molecular formula is C17H20Cl2N2S. The molecule has 0 saturated heterocycles. The predicted octanol–water partition coefficient (Wildman–Crippen LogP) is 6.13. The van der Waals surface area contributed by atoms with E-state index in [0.717, 1.165) is 22.9 Å². The molecule has 0 atom stereocenters. The van der Waals surface area contributed by atoms with Gasteiger partial charge < -0.3 is 0 Å². The van der Waals surface area contributed by atoms with Crippen molar-refractivity contribution in [2.45, 2.75) is 44.9 Å². The third kappa shape index (κ3) is 5.15. The summed E-state index contributed by atoms with van der Waals surface area (Å²) in [5.74, 6) is 0. The quantitative estimate of drug-likeness (QED) is 0.640. The van der Waals surface area contributed by atoms with E-state index in [9.17, 15) is 0 Å². The van der Waals surface area contributed by atoms with Crippen molar-refractivity contribution < 1.29 is 0 Å². The molecule has 0 radical (unpaired) electrons. The van der Waals surface area contributed by atoms with Crippen LogP contribution in [0.1, 0.15) is 39.7 Å². The molecule has 2 nitrogen and oxygen atoms in total. The largest absolute Gasteiger partial charge is 0.254 e. The number of allylic oxidation sites excluding steroid dienone is 1. The van der Waals surface area contributed by atoms with E-state index in [1.54, 1.807) is 17.8 Å². The number of benzene rings is 1. The first-order chi connectivity index (χ1) is 10.2. The van der Waals surface area contributed by atoms with Gasteiger partial charge in [0.05, 0.1) is 5.54 Å². The number of amidine groups is 1. The highest BCUT2D eigenvalue weighted by Crippen LogP contribution is 2.27. The topological polar surface area (TPSA) is 24.7 Å². The van der Waals surface area contributed by atoms with Crippen molar-refractivity contribution >= 4 is 51.9 Å². The molecule has 1 aliphatic rings. The van der Waals surface area contributed by atoms with Crippen LogP contribution in [0.25, 0.3) is 6.08 Å². The third-order valence-electron chi connectivity index (χ3n) is 3.01. The number of thioether (sulfide) groups is 1. The Morgan fingerprint density at radius 1 is 1.23 bits per heavy atom. The van der Waals surface area contributed by atoms with Gasteiger partial charge in [-0.05, 0) is 37.6 Å². The van der Waals surface area contributed by atoms with Crippen LogP contribution in [-0.4, -0.2) is 21.7 Å². The van der Waals surface area contributed by atoms with E-state index in [4.69, 9.17) is 28.2 Å². The van der Waals surface area contributed by atoms with E-state index in [0.29, 0.717) is 15.3 Å². The molecule has 0 amide bonds. The minimum absolute atomic E-state index is 0.123. The van der Waals surface area contributed by atoms with Gasteiger partial charge in [0, 0.05) is 27.4 Å². The normalized spacial score (nSPS) is 17.8. The molecule has 1 aromatic carbocycles. The number of hydrogen-bond acceptors (Lipinski definition) is 3. The summed E-state index contributed by atoms with van der Waals surface area (Å²) >= 11 is 13.8. The van der Waals surface area contributed by atoms with Crippen molar-refractivity contribution in [1.82, 2.24) is 0 Å². The van der Waals surface area contributed by atoms with Crippen LogP contribution in [0.3, 0.4) is 0 Å². The first-order valence-electron chi connectivity index (χ1n) is 7.22. The highest BCUT2D eigenvalue weighted by atomic mass is 35.5. The maximum atomic E-state index is 6.20. The number of aliphatic imine (C=N–C) groups is 2. The smallest absolute Gasteiger partial charge is 0.183 e. The van der Waals surface area contributed by atoms with E-state index in [1.165, 1.54) is 0 Å². The summed E-state index contributed by atoms with van der Waals surface area (Å²) in [4.78, 5) is 9.36. The van der Waals surface area contributed by atoms with Gasteiger partial charge in [0.1, 0.15) is 0 Å². The van der Waals surface area contributed by atoms with Crippen molar-refractivity contribution in [3.8, 4) is 0 Å². The standard InChI is InChI=1S/C17H20Cl2N2S/c1-11(2)22-16-20-14(10-17(3,4)21-16)8-6-12-5-7-13(18)9-15(12)19/h5-9,11H,10H2,1-4H3/b8-6+. The molecule has 5 heteroatoms. The average molecular weight is 355 g/mol. The van der Waals surface area contributed by atoms with Crippen molar-refractivity contribution in [3.05, 3.63) is 39.9 Å². The summed E-state index contributed by atoms with van der Waals surface area (Å²) in [6.45, 7) is 8.55. The summed E-state index contributed by atoms with van der Waals surface area (Å²) in [6, 6.07) is 5.49. The number of nitrogens with zero attached hydrogens (tertiary/aromatic N) is 2. The van der Waals surface area contributed by atoms with E-state index in [1.807, 2.05) is 24.3 Å². The second-order valence-corrected chi connectivity index (χ2v) is 8.54. The molecule has 1 aliphatic heterocycles. The summed E-state index contributed by atoms with van der Waals surface area (Å²) in [5.41, 5.74) is 1.84. The van der Waals surface area contributed by atoms with Crippen molar-refractivity contribution in [2.24, 2.45) is 9.98 Å². The average Bonchev–Trinajstić information content (AvgIpc) is 2.34. The lowest BCUT2D eigenvalue weighted by Gasteiger charge is -2.25. The monoisotopic (exact) mass is 354 g/mol. The van der Waals surface area contributed by atoms with Crippen LogP contribution < -0.4 is 0 Å². The van der Waals surface area contributed by atoms with Gasteiger partial charge in [0.15, 0.2) is 5.17 Å². The van der Waals surface area contributed by atoms with Gasteiger partial charge >= 0.3 is 0 Å². The Bertz CT molecular complexity index is 646. The lowest BCUT2D eigenvalue weighted by atomic mass is 9.96. The number of rotatable bonds is 3. The van der Waals surface area contributed by atoms with Crippen molar-refractivity contribution in [2.75, 3.05) is 0 Å². The highest BCUT2D eigenvalue weighted by Gasteiger charge is 2.24. The molecule has 0 N–H and O–H groups in total. The Balaban J connectivity index is 2.22. The summed E-state index contributed by atoms with van der Waals surface area (Å²) in [6.07, 6.45) is 4.82. The summed E-state index contributed by atoms with van der Waals surface area (Å²) < 4.78 is 0. The van der Waals surface area contributed by atoms with Gasteiger partial charge in [-0.25, -0.2) is 4.99 Å². The predicted molar refractivity (Wildman–Crippen MR) is 102 cm³/mol. The fraction of sp³-hybridized carbons (Fsp3) is 0.412. The Kier molecular flexibility index (Phi) is 5.76. The van der Waals surface area contributed by atoms with Crippen molar-refractivity contribution in [1.29, 1.82) is 0 Å². The Morgan fingerprint density at radius 3 is 2.59 bits per heavy atom. The third-order valence-corrected chi connectivity index (χ3v) is 4.44. The summed E-state index contributed by atoms with van der Waals surface area (Å²) in [7, 11) is 0. The van der Waals surface area contributed by atoms with Gasteiger partial charge in [-0.3, -0.25) is 4.99 Å². The van der Waals surface area contributed by atoms with Crippen molar-refractivity contribution in [3.63, 3.8) is 0 Å². The fourth-order valence-electron chi connectivity index (χ4n) is 2.11. The second kappa shape index (κ2) is 7.20. The first kappa shape index (κ1) is 17.6. The minimum Gasteiger partial charge on any atom is -0.254 e. The van der Waals surface area contributed by atoms with Gasteiger partial charge in [0.2, 0.25) is 0 Å². The second-order valence-electron chi connectivity index (χ2n) is 6.15. The zero-order chi connectivity index (χ0) is 16.3. The molecule has 2 rings (SSSR count). The SMILES string of the molecule is CC(C)SC1=NC(C)(C)CC(/C=C/c2ccc(Cl)cc2Cl)=N1. The maximum absolute atomic E-state index is 6.20. The molecule has 22 heavy (non-hydrogen) atoms. The first-order valence-corrected chi connectivity index (χ1v) is 8.86. The highest BCUT2D eigenvalue weighted by molar-refractivity contribution is 8.14. The number of halogens is 2. The molecule has 0 fully saturated rings. The maximum Gasteiger partial charge on any atom is 0.183 e. The van der Waals surface area contributed by atoms with Crippen LogP contribution in [-0.2, 0) is 0 Å². The Labute approximate surface area is 146 Å². The van der Waals surface area contributed by atoms with Crippen LogP contribution >= 0.6 is 35.0 Å². The molecule has 1 aromatic rings. The van der Waals surface area contributed by atoms with E-state index >= 15 is 0 Å². The lowest BCUT2D eigenvalue weighted by Crippen LogP contribution is -2.26. The van der Waals surface area contributed by atoms with E-state index in [2.05, 4.69) is 32.7 Å². The molecule has 0 spiro atoms. The molecule has 0 saturated carbocycles. The zero-order valence-electron chi connectivity index (χ0n) is 13.2. The lowest BCUT2D eigenvalue weighted by molar-refractivity contribution is 0.542. The molecule has 118 valence electrons. The molecular weight excluding hydrogens is 335 g/mol. The Hall–Kier alpha value is -0.770. The van der Waals surface area contributed by atoms with Crippen LogP contribution in [0, 0.1) is 0 Å². The molecule has 0 bridgehead atoms. The van der Waals surface area contributed by atoms with Gasteiger partial charge in [-0.1, -0.05) is 61.0 Å². The van der Waals surface area contributed by atoms with Gasteiger partial charge in [-0.15, -0.1) is 0 Å². The van der Waals surface area contributed by atoms with Gasteiger partial charge in [-0.2, -0.15) is 0 Å². The van der Waals surface area contributed by atoms with E-state index < -0.39 is 0 Å². The Morgan fingerprint density at radius 2 is 1.95 bits per heavy atom. The summed E-state index contributed by atoms with van der Waals surface area (Å²) in [5, 5.41) is 2.60. The van der Waals surface area contributed by atoms with Crippen LogP contribution in [0.5, 0.6) is 0 Å². The zero-order valence-corrected chi connectivity index (χ0v) is 15.6. The minimum atomic E-state index is -0.123. The van der Waals surface area contributed by atoms with Crippen LogP contribution in [0.4, 0.5) is 0 Å².